The van der Waals surface area contributed by atoms with Crippen LogP contribution in [0.15, 0.2) is 59.4 Å². The third-order valence-corrected chi connectivity index (χ3v) is 4.00. The molecule has 0 saturated carbocycles. The molecular weight excluding hydrogens is 338 g/mol. The van der Waals surface area contributed by atoms with Gasteiger partial charge < -0.3 is 10.3 Å². The predicted octanol–water partition coefficient (Wildman–Crippen LogP) is 3.91. The first-order valence-electron chi connectivity index (χ1n) is 7.83. The van der Waals surface area contributed by atoms with E-state index in [-0.39, 0.29) is 11.5 Å². The van der Waals surface area contributed by atoms with Crippen LogP contribution in [0.3, 0.4) is 0 Å². The van der Waals surface area contributed by atoms with Gasteiger partial charge in [-0.2, -0.15) is 0 Å². The topological polar surface area (TPSA) is 74.8 Å². The van der Waals surface area contributed by atoms with Crippen molar-refractivity contribution in [2.24, 2.45) is 0 Å². The van der Waals surface area contributed by atoms with Crippen molar-refractivity contribution in [1.29, 1.82) is 0 Å². The molecule has 2 aromatic carbocycles. The Kier molecular flexibility index (Phi) is 4.95. The molecule has 0 atom stereocenters. The summed E-state index contributed by atoms with van der Waals surface area (Å²) in [7, 11) is 0. The summed E-state index contributed by atoms with van der Waals surface area (Å²) >= 11 is 6.05. The Morgan fingerprint density at radius 1 is 1.16 bits per heavy atom. The van der Waals surface area contributed by atoms with E-state index in [1.54, 1.807) is 42.5 Å². The summed E-state index contributed by atoms with van der Waals surface area (Å²) in [6.45, 7) is 1.94. The summed E-state index contributed by atoms with van der Waals surface area (Å²) in [6, 6.07) is 15.5. The molecule has 0 fully saturated rings. The minimum atomic E-state index is -0.300. The van der Waals surface area contributed by atoms with Crippen molar-refractivity contribution in [2.45, 2.75) is 13.3 Å². The Morgan fingerprint density at radius 2 is 1.96 bits per heavy atom. The fourth-order valence-electron chi connectivity index (χ4n) is 2.41. The van der Waals surface area contributed by atoms with Gasteiger partial charge in [0.25, 0.3) is 11.5 Å². The number of hydrogen-bond acceptors (Lipinski definition) is 3. The summed E-state index contributed by atoms with van der Waals surface area (Å²) in [5, 5.41) is 3.20. The lowest BCUT2D eigenvalue weighted by Crippen LogP contribution is -2.13. The monoisotopic (exact) mass is 353 g/mol. The highest BCUT2D eigenvalue weighted by Crippen LogP contribution is 2.21. The number of amides is 1. The van der Waals surface area contributed by atoms with Gasteiger partial charge in [-0.05, 0) is 30.7 Å². The molecule has 5 nitrogen and oxygen atoms in total. The average Bonchev–Trinajstić information content (AvgIpc) is 2.61. The van der Waals surface area contributed by atoms with E-state index in [1.807, 2.05) is 13.0 Å². The van der Waals surface area contributed by atoms with Crippen molar-refractivity contribution < 1.29 is 4.79 Å². The van der Waals surface area contributed by atoms with Crippen molar-refractivity contribution in [2.75, 3.05) is 5.32 Å². The average molecular weight is 354 g/mol. The quantitative estimate of drug-likeness (QED) is 0.746. The molecule has 0 aliphatic rings. The number of halogens is 1. The minimum absolute atomic E-state index is 0.202. The number of aromatic nitrogens is 2. The SMILES string of the molecule is CCc1cc(=O)[nH]c(-c2cccc(NC(=O)c3ccccc3Cl)c2)n1. The Labute approximate surface area is 149 Å². The van der Waals surface area contributed by atoms with Crippen molar-refractivity contribution in [3.63, 3.8) is 0 Å². The van der Waals surface area contributed by atoms with Crippen LogP contribution in [0.2, 0.25) is 5.02 Å². The Morgan fingerprint density at radius 3 is 2.72 bits per heavy atom. The highest BCUT2D eigenvalue weighted by atomic mass is 35.5. The van der Waals surface area contributed by atoms with Crippen LogP contribution in [0.1, 0.15) is 23.0 Å². The number of aromatic amines is 1. The number of benzene rings is 2. The summed E-state index contributed by atoms with van der Waals surface area (Å²) in [5.41, 5.74) is 2.21. The lowest BCUT2D eigenvalue weighted by molar-refractivity contribution is 0.102. The van der Waals surface area contributed by atoms with Gasteiger partial charge in [0, 0.05) is 23.0 Å². The number of rotatable bonds is 4. The van der Waals surface area contributed by atoms with Crippen molar-refractivity contribution in [3.8, 4) is 11.4 Å². The second kappa shape index (κ2) is 7.32. The highest BCUT2D eigenvalue weighted by molar-refractivity contribution is 6.34. The third kappa shape index (κ3) is 3.95. The van der Waals surface area contributed by atoms with Gasteiger partial charge in [-0.15, -0.1) is 0 Å². The molecule has 0 spiro atoms. The van der Waals surface area contributed by atoms with Gasteiger partial charge in [-0.25, -0.2) is 4.98 Å². The molecular formula is C19H16ClN3O2. The van der Waals surface area contributed by atoms with Crippen LogP contribution in [0, 0.1) is 0 Å². The van der Waals surface area contributed by atoms with Crippen molar-refractivity contribution in [3.05, 3.63) is 81.2 Å². The van der Waals surface area contributed by atoms with Crippen LogP contribution in [-0.4, -0.2) is 15.9 Å². The highest BCUT2D eigenvalue weighted by Gasteiger charge is 2.11. The summed E-state index contributed by atoms with van der Waals surface area (Å²) < 4.78 is 0. The zero-order valence-corrected chi connectivity index (χ0v) is 14.3. The molecule has 6 heteroatoms. The summed E-state index contributed by atoms with van der Waals surface area (Å²) in [6.07, 6.45) is 0.667. The van der Waals surface area contributed by atoms with Crippen LogP contribution in [0.4, 0.5) is 5.69 Å². The molecule has 0 radical (unpaired) electrons. The van der Waals surface area contributed by atoms with Crippen LogP contribution in [0.25, 0.3) is 11.4 Å². The van der Waals surface area contributed by atoms with E-state index in [2.05, 4.69) is 15.3 Å². The minimum Gasteiger partial charge on any atom is -0.322 e. The van der Waals surface area contributed by atoms with E-state index in [0.717, 1.165) is 0 Å². The molecule has 0 unspecified atom stereocenters. The van der Waals surface area contributed by atoms with Gasteiger partial charge in [0.05, 0.1) is 10.6 Å². The van der Waals surface area contributed by atoms with Gasteiger partial charge in [0.2, 0.25) is 0 Å². The normalized spacial score (nSPS) is 10.5. The third-order valence-electron chi connectivity index (χ3n) is 3.67. The van der Waals surface area contributed by atoms with E-state index >= 15 is 0 Å². The first kappa shape index (κ1) is 16.9. The number of nitrogens with zero attached hydrogens (tertiary/aromatic N) is 1. The second-order valence-corrected chi connectivity index (χ2v) is 5.86. The number of nitrogens with one attached hydrogen (secondary N) is 2. The maximum Gasteiger partial charge on any atom is 0.257 e. The Bertz CT molecular complexity index is 982. The van der Waals surface area contributed by atoms with Crippen LogP contribution < -0.4 is 10.9 Å². The number of carbonyl (C=O) groups excluding carboxylic acids is 1. The molecule has 2 N–H and O–H groups in total. The van der Waals surface area contributed by atoms with Gasteiger partial charge in [0.1, 0.15) is 5.82 Å². The maximum atomic E-state index is 12.4. The van der Waals surface area contributed by atoms with Crippen molar-refractivity contribution >= 4 is 23.2 Å². The number of hydrogen-bond donors (Lipinski definition) is 2. The molecule has 0 bridgehead atoms. The van der Waals surface area contributed by atoms with E-state index in [4.69, 9.17) is 11.6 Å². The number of aryl methyl sites for hydroxylation is 1. The zero-order chi connectivity index (χ0) is 17.8. The van der Waals surface area contributed by atoms with Crippen LogP contribution in [0.5, 0.6) is 0 Å². The molecule has 25 heavy (non-hydrogen) atoms. The van der Waals surface area contributed by atoms with E-state index in [9.17, 15) is 9.59 Å². The molecule has 126 valence electrons. The summed E-state index contributed by atoms with van der Waals surface area (Å²) in [4.78, 5) is 31.3. The fraction of sp³-hybridized carbons (Fsp3) is 0.105. The van der Waals surface area contributed by atoms with E-state index < -0.39 is 0 Å². The first-order valence-corrected chi connectivity index (χ1v) is 8.21. The van der Waals surface area contributed by atoms with Crippen molar-refractivity contribution in [1.82, 2.24) is 9.97 Å². The zero-order valence-electron chi connectivity index (χ0n) is 13.5. The Balaban J connectivity index is 1.90. The molecule has 0 aliphatic carbocycles. The number of H-pyrrole nitrogens is 1. The van der Waals surface area contributed by atoms with E-state index in [1.165, 1.54) is 6.07 Å². The largest absolute Gasteiger partial charge is 0.322 e. The van der Waals surface area contributed by atoms with Gasteiger partial charge >= 0.3 is 0 Å². The molecule has 0 aliphatic heterocycles. The Hall–Kier alpha value is -2.92. The lowest BCUT2D eigenvalue weighted by Gasteiger charge is -2.09. The van der Waals surface area contributed by atoms with Gasteiger partial charge in [-0.3, -0.25) is 9.59 Å². The molecule has 0 saturated heterocycles. The standard InChI is InChI=1S/C19H16ClN3O2/c1-2-13-11-17(24)23-18(21-13)12-6-5-7-14(10-12)22-19(25)15-8-3-4-9-16(15)20/h3-11H,2H2,1H3,(H,22,25)(H,21,23,24). The number of anilines is 1. The predicted molar refractivity (Wildman–Crippen MR) is 99.1 cm³/mol. The summed E-state index contributed by atoms with van der Waals surface area (Å²) in [5.74, 6) is 0.171. The second-order valence-electron chi connectivity index (χ2n) is 5.45. The molecule has 1 heterocycles. The van der Waals surface area contributed by atoms with Gasteiger partial charge in [-0.1, -0.05) is 42.8 Å². The smallest absolute Gasteiger partial charge is 0.257 e. The number of carbonyl (C=O) groups is 1. The molecule has 1 aromatic heterocycles. The first-order chi connectivity index (χ1) is 12.1. The maximum absolute atomic E-state index is 12.4. The fourth-order valence-corrected chi connectivity index (χ4v) is 2.64. The lowest BCUT2D eigenvalue weighted by atomic mass is 10.1. The van der Waals surface area contributed by atoms with Crippen LogP contribution >= 0.6 is 11.6 Å². The molecule has 3 aromatic rings. The van der Waals surface area contributed by atoms with Crippen LogP contribution in [-0.2, 0) is 6.42 Å². The molecule has 3 rings (SSSR count). The van der Waals surface area contributed by atoms with Gasteiger partial charge in [0.15, 0.2) is 0 Å². The molecule has 1 amide bonds. The van der Waals surface area contributed by atoms with E-state index in [0.29, 0.717) is 39.8 Å².